The normalized spacial score (nSPS) is 11.9. The molecule has 0 radical (unpaired) electrons. The molecule has 0 amide bonds. The molecule has 0 aromatic carbocycles. The van der Waals surface area contributed by atoms with Gasteiger partial charge in [-0.2, -0.15) is 0 Å². The van der Waals surface area contributed by atoms with Crippen molar-refractivity contribution in [2.75, 3.05) is 5.32 Å². The van der Waals surface area contributed by atoms with Gasteiger partial charge < -0.3 is 5.32 Å². The van der Waals surface area contributed by atoms with Crippen molar-refractivity contribution in [3.05, 3.63) is 16.5 Å². The minimum Gasteiger partial charge on any atom is -0.366 e. The van der Waals surface area contributed by atoms with Crippen LogP contribution in [0.4, 0.5) is 5.82 Å². The van der Waals surface area contributed by atoms with E-state index in [2.05, 4.69) is 21.2 Å². The fourth-order valence-corrected chi connectivity index (χ4v) is 1.48. The maximum Gasteiger partial charge on any atom is 0.137 e. The van der Waals surface area contributed by atoms with Crippen LogP contribution in [0.2, 0.25) is 5.15 Å². The van der Waals surface area contributed by atoms with Gasteiger partial charge in [0.1, 0.15) is 16.8 Å². The van der Waals surface area contributed by atoms with E-state index in [1.165, 1.54) is 0 Å². The predicted octanol–water partition coefficient (Wildman–Crippen LogP) is 2.82. The molecular formula is C12H16ClN3. The van der Waals surface area contributed by atoms with Crippen LogP contribution in [0.5, 0.6) is 0 Å². The summed E-state index contributed by atoms with van der Waals surface area (Å²) >= 11 is 6.03. The Bertz CT molecular complexity index is 409. The number of rotatable bonds is 4. The van der Waals surface area contributed by atoms with Crippen LogP contribution in [0.1, 0.15) is 31.7 Å². The van der Waals surface area contributed by atoms with E-state index in [0.29, 0.717) is 11.6 Å². The number of hydrogen-bond acceptors (Lipinski definition) is 3. The molecule has 86 valence electrons. The summed E-state index contributed by atoms with van der Waals surface area (Å²) in [6.45, 7) is 5.91. The molecule has 0 spiro atoms. The van der Waals surface area contributed by atoms with Crippen LogP contribution in [0.15, 0.2) is 0 Å². The minimum absolute atomic E-state index is 0.180. The second-order valence-corrected chi connectivity index (χ2v) is 4.07. The highest BCUT2D eigenvalue weighted by molar-refractivity contribution is 6.30. The first-order valence-corrected chi connectivity index (χ1v) is 5.69. The number of nitrogens with one attached hydrogen (secondary N) is 1. The third-order valence-corrected chi connectivity index (χ3v) is 2.62. The average Bonchev–Trinajstić information content (AvgIpc) is 2.24. The maximum atomic E-state index is 6.03. The van der Waals surface area contributed by atoms with Crippen LogP contribution in [0, 0.1) is 19.3 Å². The number of aryl methyl sites for hydroxylation is 1. The molecule has 0 bridgehead atoms. The first-order valence-electron chi connectivity index (χ1n) is 5.31. The Labute approximate surface area is 102 Å². The molecule has 1 rings (SSSR count). The summed E-state index contributed by atoms with van der Waals surface area (Å²) < 4.78 is 0. The lowest BCUT2D eigenvalue weighted by molar-refractivity contribution is 0.810. The first kappa shape index (κ1) is 12.8. The molecule has 0 aliphatic rings. The molecule has 0 aliphatic carbocycles. The highest BCUT2D eigenvalue weighted by Gasteiger charge is 2.10. The second kappa shape index (κ2) is 5.72. The van der Waals surface area contributed by atoms with Crippen LogP contribution >= 0.6 is 11.6 Å². The lowest BCUT2D eigenvalue weighted by atomic mass is 10.2. The molecule has 1 atom stereocenters. The van der Waals surface area contributed by atoms with Gasteiger partial charge >= 0.3 is 0 Å². The zero-order valence-corrected chi connectivity index (χ0v) is 10.6. The largest absolute Gasteiger partial charge is 0.366 e. The van der Waals surface area contributed by atoms with Gasteiger partial charge in [-0.25, -0.2) is 9.97 Å². The fourth-order valence-electron chi connectivity index (χ4n) is 1.29. The molecule has 0 aliphatic heterocycles. The van der Waals surface area contributed by atoms with E-state index in [1.54, 1.807) is 0 Å². The minimum atomic E-state index is 0.180. The van der Waals surface area contributed by atoms with Crippen molar-refractivity contribution in [3.63, 3.8) is 0 Å². The number of anilines is 1. The number of nitrogens with zero attached hydrogens (tertiary/aromatic N) is 2. The maximum absolute atomic E-state index is 6.03. The van der Waals surface area contributed by atoms with Crippen LogP contribution in [0.3, 0.4) is 0 Å². The summed E-state index contributed by atoms with van der Waals surface area (Å²) in [5, 5.41) is 3.75. The average molecular weight is 238 g/mol. The molecule has 0 saturated carbocycles. The number of aromatic nitrogens is 2. The number of terminal acetylenes is 1. The van der Waals surface area contributed by atoms with Crippen molar-refractivity contribution in [2.45, 2.75) is 39.7 Å². The predicted molar refractivity (Wildman–Crippen MR) is 67.7 cm³/mol. The third kappa shape index (κ3) is 3.11. The van der Waals surface area contributed by atoms with Crippen molar-refractivity contribution in [2.24, 2.45) is 0 Å². The van der Waals surface area contributed by atoms with E-state index in [4.69, 9.17) is 18.0 Å². The summed E-state index contributed by atoms with van der Waals surface area (Å²) in [4.78, 5) is 8.58. The molecule has 1 N–H and O–H groups in total. The van der Waals surface area contributed by atoms with E-state index in [9.17, 15) is 0 Å². The Kier molecular flexibility index (Phi) is 4.57. The zero-order chi connectivity index (χ0) is 12.1. The molecule has 1 aromatic rings. The van der Waals surface area contributed by atoms with E-state index in [0.717, 1.165) is 23.6 Å². The SMILES string of the molecule is C#CCC(C)Nc1nc(CC)nc(Cl)c1C. The summed E-state index contributed by atoms with van der Waals surface area (Å²) in [7, 11) is 0. The highest BCUT2D eigenvalue weighted by atomic mass is 35.5. The van der Waals surface area contributed by atoms with E-state index >= 15 is 0 Å². The summed E-state index contributed by atoms with van der Waals surface area (Å²) in [5.74, 6) is 4.13. The van der Waals surface area contributed by atoms with Crippen molar-refractivity contribution >= 4 is 17.4 Å². The van der Waals surface area contributed by atoms with E-state index < -0.39 is 0 Å². The van der Waals surface area contributed by atoms with Gasteiger partial charge in [0, 0.05) is 24.4 Å². The van der Waals surface area contributed by atoms with E-state index in [1.807, 2.05) is 20.8 Å². The Balaban J connectivity index is 2.95. The topological polar surface area (TPSA) is 37.8 Å². The number of halogens is 1. The van der Waals surface area contributed by atoms with Gasteiger partial charge in [-0.15, -0.1) is 12.3 Å². The monoisotopic (exact) mass is 237 g/mol. The van der Waals surface area contributed by atoms with Crippen molar-refractivity contribution in [1.29, 1.82) is 0 Å². The quantitative estimate of drug-likeness (QED) is 0.647. The van der Waals surface area contributed by atoms with Crippen LogP contribution in [-0.2, 0) is 6.42 Å². The van der Waals surface area contributed by atoms with Crippen LogP contribution in [0.25, 0.3) is 0 Å². The van der Waals surface area contributed by atoms with Gasteiger partial charge in [0.05, 0.1) is 0 Å². The fraction of sp³-hybridized carbons (Fsp3) is 0.500. The summed E-state index contributed by atoms with van der Waals surface area (Å²) in [6, 6.07) is 0.180. The molecule has 1 unspecified atom stereocenters. The molecular weight excluding hydrogens is 222 g/mol. The van der Waals surface area contributed by atoms with Crippen LogP contribution in [-0.4, -0.2) is 16.0 Å². The Hall–Kier alpha value is -1.27. The lowest BCUT2D eigenvalue weighted by Gasteiger charge is -2.15. The van der Waals surface area contributed by atoms with E-state index in [-0.39, 0.29) is 6.04 Å². The molecule has 3 nitrogen and oxygen atoms in total. The molecule has 16 heavy (non-hydrogen) atoms. The van der Waals surface area contributed by atoms with Gasteiger partial charge in [-0.05, 0) is 13.8 Å². The van der Waals surface area contributed by atoms with Gasteiger partial charge in [0.25, 0.3) is 0 Å². The molecule has 0 saturated heterocycles. The molecule has 0 fully saturated rings. The standard InChI is InChI=1S/C12H16ClN3/c1-5-7-8(3)14-12-9(4)11(13)15-10(6-2)16-12/h1,8H,6-7H2,2-4H3,(H,14,15,16). The zero-order valence-electron chi connectivity index (χ0n) is 9.84. The van der Waals surface area contributed by atoms with Gasteiger partial charge in [0.2, 0.25) is 0 Å². The van der Waals surface area contributed by atoms with Gasteiger partial charge in [-0.1, -0.05) is 18.5 Å². The smallest absolute Gasteiger partial charge is 0.137 e. The van der Waals surface area contributed by atoms with Crippen LogP contribution < -0.4 is 5.32 Å². The lowest BCUT2D eigenvalue weighted by Crippen LogP contribution is -2.17. The Morgan fingerprint density at radius 2 is 2.19 bits per heavy atom. The Morgan fingerprint density at radius 3 is 2.75 bits per heavy atom. The third-order valence-electron chi connectivity index (χ3n) is 2.26. The Morgan fingerprint density at radius 1 is 1.50 bits per heavy atom. The molecule has 4 heteroatoms. The van der Waals surface area contributed by atoms with Gasteiger partial charge in [0.15, 0.2) is 0 Å². The van der Waals surface area contributed by atoms with Crippen molar-refractivity contribution < 1.29 is 0 Å². The van der Waals surface area contributed by atoms with Crippen molar-refractivity contribution in [1.82, 2.24) is 9.97 Å². The molecule has 1 aromatic heterocycles. The first-order chi connectivity index (χ1) is 7.58. The number of hydrogen-bond donors (Lipinski definition) is 1. The second-order valence-electron chi connectivity index (χ2n) is 3.71. The van der Waals surface area contributed by atoms with Crippen molar-refractivity contribution in [3.8, 4) is 12.3 Å². The summed E-state index contributed by atoms with van der Waals surface area (Å²) in [5.41, 5.74) is 0.864. The highest BCUT2D eigenvalue weighted by Crippen LogP contribution is 2.20. The summed E-state index contributed by atoms with van der Waals surface area (Å²) in [6.07, 6.45) is 6.68. The van der Waals surface area contributed by atoms with Gasteiger partial charge in [-0.3, -0.25) is 0 Å². The molecule has 1 heterocycles.